The van der Waals surface area contributed by atoms with Crippen LogP contribution in [0.15, 0.2) is 29.4 Å². The summed E-state index contributed by atoms with van der Waals surface area (Å²) in [5.74, 6) is 5.47. The largest absolute Gasteiger partial charge is 0.290 e. The fourth-order valence-corrected chi connectivity index (χ4v) is 2.17. The molecule has 1 heterocycles. The minimum absolute atomic E-state index is 0.304. The van der Waals surface area contributed by atoms with Crippen LogP contribution in [-0.2, 0) is 12.8 Å². The summed E-state index contributed by atoms with van der Waals surface area (Å²) in [7, 11) is 1.78. The highest BCUT2D eigenvalue weighted by molar-refractivity contribution is 7.98. The van der Waals surface area contributed by atoms with Gasteiger partial charge in [0.25, 0.3) is 5.91 Å². The maximum Gasteiger partial charge on any atom is 0.265 e. The number of carbonyl (C=O) groups is 1. The second-order valence-electron chi connectivity index (χ2n) is 3.55. The van der Waals surface area contributed by atoms with Crippen molar-refractivity contribution in [1.82, 2.24) is 25.6 Å². The first kappa shape index (κ1) is 12.5. The quantitative estimate of drug-likeness (QED) is 0.352. The predicted molar refractivity (Wildman–Crippen MR) is 66.5 cm³/mol. The molecule has 2 rings (SSSR count). The smallest absolute Gasteiger partial charge is 0.265 e. The first-order valence-electron chi connectivity index (χ1n) is 5.15. The Hall–Kier alpha value is -1.93. The molecule has 94 valence electrons. The minimum Gasteiger partial charge on any atom is -0.290 e. The standard InChI is InChI=1S/C10H12N6OS/c1-16-10(13-14-15-16)18-6-7-3-2-4-8(5-7)9(17)12-11/h2-5H,6,11H2,1H3,(H,12,17). The Bertz CT molecular complexity index is 555. The molecule has 3 N–H and O–H groups in total. The van der Waals surface area contributed by atoms with Crippen molar-refractivity contribution in [2.24, 2.45) is 12.9 Å². The van der Waals surface area contributed by atoms with Crippen molar-refractivity contribution >= 4 is 17.7 Å². The van der Waals surface area contributed by atoms with E-state index in [-0.39, 0.29) is 5.91 Å². The summed E-state index contributed by atoms with van der Waals surface area (Å²) in [6, 6.07) is 7.25. The summed E-state index contributed by atoms with van der Waals surface area (Å²) in [6.07, 6.45) is 0. The van der Waals surface area contributed by atoms with Crippen LogP contribution < -0.4 is 11.3 Å². The molecule has 7 nitrogen and oxygen atoms in total. The van der Waals surface area contributed by atoms with Gasteiger partial charge >= 0.3 is 0 Å². The van der Waals surface area contributed by atoms with Crippen LogP contribution in [0.1, 0.15) is 15.9 Å². The number of aryl methyl sites for hydroxylation is 1. The molecule has 0 aliphatic rings. The Morgan fingerprint density at radius 1 is 1.56 bits per heavy atom. The van der Waals surface area contributed by atoms with Gasteiger partial charge in [-0.2, -0.15) is 0 Å². The lowest BCUT2D eigenvalue weighted by Gasteiger charge is -2.03. The third kappa shape index (κ3) is 2.84. The number of nitrogens with zero attached hydrogens (tertiary/aromatic N) is 4. The maximum atomic E-state index is 11.4. The van der Waals surface area contributed by atoms with E-state index in [1.807, 2.05) is 12.1 Å². The van der Waals surface area contributed by atoms with Crippen molar-refractivity contribution < 1.29 is 4.79 Å². The highest BCUT2D eigenvalue weighted by Gasteiger charge is 2.06. The van der Waals surface area contributed by atoms with E-state index in [1.165, 1.54) is 11.8 Å². The van der Waals surface area contributed by atoms with Crippen LogP contribution >= 0.6 is 11.8 Å². The van der Waals surface area contributed by atoms with Gasteiger partial charge < -0.3 is 0 Å². The van der Waals surface area contributed by atoms with Crippen molar-refractivity contribution in [1.29, 1.82) is 0 Å². The van der Waals surface area contributed by atoms with Gasteiger partial charge in [-0.15, -0.1) is 5.10 Å². The summed E-state index contributed by atoms with van der Waals surface area (Å²) in [6.45, 7) is 0. The summed E-state index contributed by atoms with van der Waals surface area (Å²) >= 11 is 1.50. The number of hydrazine groups is 1. The van der Waals surface area contributed by atoms with Crippen LogP contribution in [0.3, 0.4) is 0 Å². The average Bonchev–Trinajstić information content (AvgIpc) is 2.81. The number of aromatic nitrogens is 4. The fraction of sp³-hybridized carbons (Fsp3) is 0.200. The van der Waals surface area contributed by atoms with Crippen molar-refractivity contribution in [3.63, 3.8) is 0 Å². The molecule has 0 bridgehead atoms. The molecule has 0 aliphatic heterocycles. The van der Waals surface area contributed by atoms with Crippen LogP contribution in [0.4, 0.5) is 0 Å². The molecule has 0 aliphatic carbocycles. The van der Waals surface area contributed by atoms with E-state index >= 15 is 0 Å². The summed E-state index contributed by atoms with van der Waals surface area (Å²) in [5.41, 5.74) is 3.64. The number of hydrogen-bond acceptors (Lipinski definition) is 6. The van der Waals surface area contributed by atoms with Gasteiger partial charge in [0.15, 0.2) is 0 Å². The number of hydrogen-bond donors (Lipinski definition) is 2. The number of nitrogen functional groups attached to an aromatic ring is 1. The van der Waals surface area contributed by atoms with E-state index in [4.69, 9.17) is 5.84 Å². The normalized spacial score (nSPS) is 10.3. The van der Waals surface area contributed by atoms with Crippen molar-refractivity contribution in [2.45, 2.75) is 10.9 Å². The zero-order valence-corrected chi connectivity index (χ0v) is 10.5. The molecule has 0 spiro atoms. The van der Waals surface area contributed by atoms with Crippen LogP contribution in [-0.4, -0.2) is 26.1 Å². The van der Waals surface area contributed by atoms with E-state index in [2.05, 4.69) is 21.0 Å². The minimum atomic E-state index is -0.304. The molecule has 8 heteroatoms. The Balaban J connectivity index is 2.06. The lowest BCUT2D eigenvalue weighted by molar-refractivity contribution is 0.0953. The molecule has 0 radical (unpaired) electrons. The molecule has 1 amide bonds. The van der Waals surface area contributed by atoms with Gasteiger partial charge in [0.2, 0.25) is 5.16 Å². The van der Waals surface area contributed by atoms with Crippen LogP contribution in [0, 0.1) is 0 Å². The van der Waals surface area contributed by atoms with Gasteiger partial charge in [-0.25, -0.2) is 10.5 Å². The molecular formula is C10H12N6OS. The molecule has 1 aromatic heterocycles. The van der Waals surface area contributed by atoms with Gasteiger partial charge in [-0.05, 0) is 28.1 Å². The zero-order valence-electron chi connectivity index (χ0n) is 9.70. The summed E-state index contributed by atoms with van der Waals surface area (Å²) in [5, 5.41) is 11.9. The van der Waals surface area contributed by atoms with Gasteiger partial charge in [0.05, 0.1) is 0 Å². The Kier molecular flexibility index (Phi) is 3.90. The Morgan fingerprint density at radius 3 is 3.06 bits per heavy atom. The number of tetrazole rings is 1. The van der Waals surface area contributed by atoms with Gasteiger partial charge in [0, 0.05) is 18.4 Å². The fourth-order valence-electron chi connectivity index (χ4n) is 1.38. The second kappa shape index (κ2) is 5.61. The number of nitrogens with two attached hydrogens (primary N) is 1. The molecule has 2 aromatic rings. The Labute approximate surface area is 108 Å². The SMILES string of the molecule is Cn1nnnc1SCc1cccc(C(=O)NN)c1. The first-order valence-corrected chi connectivity index (χ1v) is 6.14. The van der Waals surface area contributed by atoms with Gasteiger partial charge in [0.1, 0.15) is 0 Å². The number of nitrogens with one attached hydrogen (secondary N) is 1. The molecule has 0 fully saturated rings. The Morgan fingerprint density at radius 2 is 2.39 bits per heavy atom. The summed E-state index contributed by atoms with van der Waals surface area (Å²) < 4.78 is 1.60. The molecular weight excluding hydrogens is 252 g/mol. The van der Waals surface area contributed by atoms with Gasteiger partial charge in [-0.1, -0.05) is 23.9 Å². The maximum absolute atomic E-state index is 11.4. The molecule has 0 saturated heterocycles. The molecule has 18 heavy (non-hydrogen) atoms. The third-order valence-corrected chi connectivity index (χ3v) is 3.35. The van der Waals surface area contributed by atoms with Crippen molar-refractivity contribution in [3.05, 3.63) is 35.4 Å². The van der Waals surface area contributed by atoms with E-state index in [0.717, 1.165) is 10.7 Å². The lowest BCUT2D eigenvalue weighted by Crippen LogP contribution is -2.29. The summed E-state index contributed by atoms with van der Waals surface area (Å²) in [4.78, 5) is 11.4. The third-order valence-electron chi connectivity index (χ3n) is 2.27. The van der Waals surface area contributed by atoms with Crippen molar-refractivity contribution in [2.75, 3.05) is 0 Å². The molecule has 0 unspecified atom stereocenters. The predicted octanol–water partition coefficient (Wildman–Crippen LogP) is 0.106. The van der Waals surface area contributed by atoms with Crippen LogP contribution in [0.2, 0.25) is 0 Å². The number of amides is 1. The lowest BCUT2D eigenvalue weighted by atomic mass is 10.1. The second-order valence-corrected chi connectivity index (χ2v) is 4.49. The number of benzene rings is 1. The first-order chi connectivity index (χ1) is 8.70. The molecule has 1 aromatic carbocycles. The van der Waals surface area contributed by atoms with Crippen LogP contribution in [0.5, 0.6) is 0 Å². The van der Waals surface area contributed by atoms with E-state index in [9.17, 15) is 4.79 Å². The topological polar surface area (TPSA) is 98.7 Å². The van der Waals surface area contributed by atoms with Crippen LogP contribution in [0.25, 0.3) is 0 Å². The average molecular weight is 264 g/mol. The van der Waals surface area contributed by atoms with Gasteiger partial charge in [-0.3, -0.25) is 10.2 Å². The number of rotatable bonds is 4. The highest BCUT2D eigenvalue weighted by atomic mass is 32.2. The molecule has 0 saturated carbocycles. The van der Waals surface area contributed by atoms with E-state index in [0.29, 0.717) is 11.3 Å². The van der Waals surface area contributed by atoms with E-state index < -0.39 is 0 Å². The number of thioether (sulfide) groups is 1. The van der Waals surface area contributed by atoms with E-state index in [1.54, 1.807) is 23.9 Å². The van der Waals surface area contributed by atoms with Crippen molar-refractivity contribution in [3.8, 4) is 0 Å². The number of carbonyl (C=O) groups excluding carboxylic acids is 1. The molecule has 0 atom stereocenters. The monoisotopic (exact) mass is 264 g/mol. The highest BCUT2D eigenvalue weighted by Crippen LogP contribution is 2.19. The zero-order chi connectivity index (χ0) is 13.0.